The highest BCUT2D eigenvalue weighted by atomic mass is 15.3. The third-order valence-electron chi connectivity index (χ3n) is 2.27. The molecule has 0 aliphatic carbocycles. The first-order valence-corrected chi connectivity index (χ1v) is 5.08. The van der Waals surface area contributed by atoms with Crippen molar-refractivity contribution in [3.05, 3.63) is 40.5 Å². The van der Waals surface area contributed by atoms with E-state index in [2.05, 4.69) is 42.6 Å². The quantitative estimate of drug-likeness (QED) is 0.304. The van der Waals surface area contributed by atoms with Crippen LogP contribution in [0.15, 0.2) is 28.9 Å². The Morgan fingerprint density at radius 2 is 1.81 bits per heavy atom. The van der Waals surface area contributed by atoms with Crippen molar-refractivity contribution >= 4 is 11.9 Å². The summed E-state index contributed by atoms with van der Waals surface area (Å²) in [6, 6.07) is 6.33. The Labute approximate surface area is 96.0 Å². The fourth-order valence-electron chi connectivity index (χ4n) is 1.66. The second-order valence-corrected chi connectivity index (χ2v) is 3.87. The molecule has 0 aliphatic heterocycles. The summed E-state index contributed by atoms with van der Waals surface area (Å²) in [5.74, 6) is 11.0. The van der Waals surface area contributed by atoms with Gasteiger partial charge in [-0.05, 0) is 38.0 Å². The number of nitrogens with two attached hydrogens (primary N) is 2. The molecule has 0 spiro atoms. The zero-order valence-electron chi connectivity index (χ0n) is 9.91. The van der Waals surface area contributed by atoms with Crippen molar-refractivity contribution in [3.63, 3.8) is 0 Å². The molecule has 0 aromatic heterocycles. The topological polar surface area (TPSA) is 76.4 Å². The molecule has 0 bridgehead atoms. The third-order valence-corrected chi connectivity index (χ3v) is 2.27. The average molecular weight is 218 g/mol. The van der Waals surface area contributed by atoms with Crippen LogP contribution in [0.25, 0.3) is 6.08 Å². The zero-order valence-corrected chi connectivity index (χ0v) is 9.91. The predicted octanol–water partition coefficient (Wildman–Crippen LogP) is 1.44. The smallest absolute Gasteiger partial charge is 0.162 e. The van der Waals surface area contributed by atoms with E-state index < -0.39 is 0 Å². The van der Waals surface area contributed by atoms with Crippen LogP contribution < -0.4 is 17.1 Å². The molecule has 4 nitrogen and oxygen atoms in total. The summed E-state index contributed by atoms with van der Waals surface area (Å²) in [7, 11) is 0. The molecule has 16 heavy (non-hydrogen) atoms. The minimum absolute atomic E-state index is 0.485. The first-order valence-electron chi connectivity index (χ1n) is 5.08. The standard InChI is InChI=1S/C12H18N4/c1-8-4-9(2)6-11(5-8)7-10(3)12(15-13)16-14/h4-7H,13-14H2,1-3H3,(H,15,16)/b10-7+. The molecule has 0 amide bonds. The number of amidine groups is 1. The summed E-state index contributed by atoms with van der Waals surface area (Å²) >= 11 is 0. The number of hydrazone groups is 1. The molecule has 0 fully saturated rings. The van der Waals surface area contributed by atoms with E-state index in [-0.39, 0.29) is 0 Å². The van der Waals surface area contributed by atoms with Crippen LogP contribution in [0, 0.1) is 13.8 Å². The van der Waals surface area contributed by atoms with Crippen molar-refractivity contribution < 1.29 is 0 Å². The lowest BCUT2D eigenvalue weighted by molar-refractivity contribution is 1.000. The van der Waals surface area contributed by atoms with E-state index in [0.29, 0.717) is 5.84 Å². The van der Waals surface area contributed by atoms with Crippen LogP contribution in [0.1, 0.15) is 23.6 Å². The van der Waals surface area contributed by atoms with Gasteiger partial charge in [0.25, 0.3) is 0 Å². The maximum Gasteiger partial charge on any atom is 0.162 e. The molecule has 0 heterocycles. The van der Waals surface area contributed by atoms with Crippen molar-refractivity contribution in [2.75, 3.05) is 0 Å². The molecule has 4 heteroatoms. The monoisotopic (exact) mass is 218 g/mol. The van der Waals surface area contributed by atoms with Gasteiger partial charge in [0.2, 0.25) is 0 Å². The number of benzene rings is 1. The Bertz CT molecular complexity index is 412. The Morgan fingerprint density at radius 1 is 1.25 bits per heavy atom. The van der Waals surface area contributed by atoms with Gasteiger partial charge in [0.05, 0.1) is 0 Å². The van der Waals surface area contributed by atoms with E-state index >= 15 is 0 Å². The van der Waals surface area contributed by atoms with Gasteiger partial charge >= 0.3 is 0 Å². The lowest BCUT2D eigenvalue weighted by Crippen LogP contribution is -2.31. The zero-order chi connectivity index (χ0) is 12.1. The van der Waals surface area contributed by atoms with Crippen LogP contribution in [0.4, 0.5) is 0 Å². The molecule has 86 valence electrons. The first kappa shape index (κ1) is 12.3. The molecule has 5 N–H and O–H groups in total. The van der Waals surface area contributed by atoms with E-state index in [1.165, 1.54) is 11.1 Å². The van der Waals surface area contributed by atoms with Crippen molar-refractivity contribution in [3.8, 4) is 0 Å². The number of hydrogen-bond acceptors (Lipinski definition) is 3. The summed E-state index contributed by atoms with van der Waals surface area (Å²) in [6.45, 7) is 6.04. The van der Waals surface area contributed by atoms with Gasteiger partial charge in [-0.2, -0.15) is 5.10 Å². The molecule has 0 saturated heterocycles. The minimum atomic E-state index is 0.485. The average Bonchev–Trinajstić information content (AvgIpc) is 2.17. The lowest BCUT2D eigenvalue weighted by atomic mass is 10.1. The van der Waals surface area contributed by atoms with Crippen molar-refractivity contribution in [1.82, 2.24) is 5.43 Å². The maximum atomic E-state index is 5.30. The van der Waals surface area contributed by atoms with Gasteiger partial charge in [-0.1, -0.05) is 29.3 Å². The van der Waals surface area contributed by atoms with Crippen LogP contribution in [0.2, 0.25) is 0 Å². The van der Waals surface area contributed by atoms with Crippen LogP contribution in [-0.2, 0) is 0 Å². The molecule has 0 unspecified atom stereocenters. The number of rotatable bonds is 2. The van der Waals surface area contributed by atoms with Crippen molar-refractivity contribution in [2.24, 2.45) is 16.8 Å². The highest BCUT2D eigenvalue weighted by Gasteiger charge is 2.00. The second kappa shape index (κ2) is 5.32. The number of hydrazine groups is 1. The van der Waals surface area contributed by atoms with Gasteiger partial charge in [-0.3, -0.25) is 0 Å². The van der Waals surface area contributed by atoms with Gasteiger partial charge in [-0.15, -0.1) is 0 Å². The molecule has 0 saturated carbocycles. The molecule has 1 rings (SSSR count). The van der Waals surface area contributed by atoms with E-state index in [1.54, 1.807) is 0 Å². The fraction of sp³-hybridized carbons (Fsp3) is 0.250. The van der Waals surface area contributed by atoms with Crippen molar-refractivity contribution in [1.29, 1.82) is 0 Å². The Hall–Kier alpha value is -1.81. The molecule has 1 aromatic carbocycles. The van der Waals surface area contributed by atoms with Crippen molar-refractivity contribution in [2.45, 2.75) is 20.8 Å². The normalized spacial score (nSPS) is 12.8. The second-order valence-electron chi connectivity index (χ2n) is 3.87. The van der Waals surface area contributed by atoms with Crippen LogP contribution in [0.3, 0.4) is 0 Å². The van der Waals surface area contributed by atoms with Gasteiger partial charge < -0.3 is 11.3 Å². The van der Waals surface area contributed by atoms with Crippen LogP contribution >= 0.6 is 0 Å². The Kier molecular flexibility index (Phi) is 4.08. The van der Waals surface area contributed by atoms with E-state index in [0.717, 1.165) is 11.1 Å². The van der Waals surface area contributed by atoms with E-state index in [1.807, 2.05) is 13.0 Å². The predicted molar refractivity (Wildman–Crippen MR) is 68.5 cm³/mol. The first-order chi connectivity index (χ1) is 7.56. The summed E-state index contributed by atoms with van der Waals surface area (Å²) in [5, 5.41) is 3.56. The molecular weight excluding hydrogens is 200 g/mol. The Morgan fingerprint density at radius 3 is 2.25 bits per heavy atom. The fourth-order valence-corrected chi connectivity index (χ4v) is 1.66. The van der Waals surface area contributed by atoms with Gasteiger partial charge in [0.1, 0.15) is 0 Å². The van der Waals surface area contributed by atoms with E-state index in [4.69, 9.17) is 11.7 Å². The number of nitrogens with one attached hydrogen (secondary N) is 1. The summed E-state index contributed by atoms with van der Waals surface area (Å²) in [5.41, 5.74) is 6.93. The lowest BCUT2D eigenvalue weighted by Gasteiger charge is -2.05. The molecule has 1 aromatic rings. The van der Waals surface area contributed by atoms with Crippen LogP contribution in [-0.4, -0.2) is 5.84 Å². The highest BCUT2D eigenvalue weighted by molar-refractivity contribution is 6.01. The highest BCUT2D eigenvalue weighted by Crippen LogP contribution is 2.12. The van der Waals surface area contributed by atoms with E-state index in [9.17, 15) is 0 Å². The largest absolute Gasteiger partial charge is 0.321 e. The Balaban J connectivity index is 3.07. The molecular formula is C12H18N4. The number of hydrogen-bond donors (Lipinski definition) is 3. The van der Waals surface area contributed by atoms with Gasteiger partial charge in [0.15, 0.2) is 5.84 Å². The van der Waals surface area contributed by atoms with Crippen LogP contribution in [0.5, 0.6) is 0 Å². The number of aryl methyl sites for hydroxylation is 2. The minimum Gasteiger partial charge on any atom is -0.321 e. The van der Waals surface area contributed by atoms with Gasteiger partial charge in [0, 0.05) is 0 Å². The molecule has 0 atom stereocenters. The summed E-state index contributed by atoms with van der Waals surface area (Å²) < 4.78 is 0. The molecule has 0 radical (unpaired) electrons. The summed E-state index contributed by atoms with van der Waals surface area (Å²) in [4.78, 5) is 0. The maximum absolute atomic E-state index is 5.30. The third kappa shape index (κ3) is 3.10. The SMILES string of the molecule is CC(=C\c1cc(C)cc(C)c1)/C(=N/N)NN. The summed E-state index contributed by atoms with van der Waals surface area (Å²) in [6.07, 6.45) is 1.99. The molecule has 0 aliphatic rings. The van der Waals surface area contributed by atoms with Gasteiger partial charge in [-0.25, -0.2) is 5.84 Å². The number of nitrogens with zero attached hydrogens (tertiary/aromatic N) is 1.